The van der Waals surface area contributed by atoms with Gasteiger partial charge in [0.2, 0.25) is 0 Å². The summed E-state index contributed by atoms with van der Waals surface area (Å²) in [6.45, 7) is 8.39. The van der Waals surface area contributed by atoms with Crippen LogP contribution >= 0.6 is 11.8 Å². The second-order valence-electron chi connectivity index (χ2n) is 6.69. The minimum atomic E-state index is 0.152. The van der Waals surface area contributed by atoms with Gasteiger partial charge in [-0.3, -0.25) is 9.88 Å². The van der Waals surface area contributed by atoms with Crippen LogP contribution in [-0.4, -0.2) is 40.0 Å². The molecule has 0 aromatic carbocycles. The molecule has 1 unspecified atom stereocenters. The number of hydrogen-bond donors (Lipinski definition) is 1. The molecule has 1 N–H and O–H groups in total. The summed E-state index contributed by atoms with van der Waals surface area (Å²) >= 11 is 2.06. The van der Waals surface area contributed by atoms with Crippen LogP contribution in [0.25, 0.3) is 0 Å². The van der Waals surface area contributed by atoms with Crippen molar-refractivity contribution in [3.8, 4) is 0 Å². The molecule has 20 heavy (non-hydrogen) atoms. The Hall–Kier alpha value is -0.580. The molecular weight excluding hydrogens is 266 g/mol. The van der Waals surface area contributed by atoms with E-state index in [1.165, 1.54) is 29.2 Å². The first kappa shape index (κ1) is 15.8. The highest BCUT2D eigenvalue weighted by atomic mass is 32.2. The van der Waals surface area contributed by atoms with E-state index in [9.17, 15) is 0 Å². The zero-order valence-electron chi connectivity index (χ0n) is 13.1. The van der Waals surface area contributed by atoms with E-state index in [1.54, 1.807) is 0 Å². The molecule has 1 aromatic rings. The van der Waals surface area contributed by atoms with E-state index in [-0.39, 0.29) is 5.54 Å². The normalized spacial score (nSPS) is 19.8. The molecule has 3 nitrogen and oxygen atoms in total. The SMILES string of the molecule is CN(Cc1ccc(CNC(C)(C)C)cn1)C1CCSC1. The van der Waals surface area contributed by atoms with E-state index in [4.69, 9.17) is 0 Å². The van der Waals surface area contributed by atoms with Gasteiger partial charge in [-0.05, 0) is 51.6 Å². The number of nitrogens with one attached hydrogen (secondary N) is 1. The molecule has 1 saturated heterocycles. The van der Waals surface area contributed by atoms with Crippen molar-refractivity contribution >= 4 is 11.8 Å². The number of hydrogen-bond acceptors (Lipinski definition) is 4. The van der Waals surface area contributed by atoms with Crippen LogP contribution in [0.5, 0.6) is 0 Å². The summed E-state index contributed by atoms with van der Waals surface area (Å²) in [5.74, 6) is 2.57. The quantitative estimate of drug-likeness (QED) is 0.903. The fourth-order valence-electron chi connectivity index (χ4n) is 2.27. The molecule has 4 heteroatoms. The number of rotatable bonds is 5. The van der Waals surface area contributed by atoms with Crippen LogP contribution < -0.4 is 5.32 Å². The van der Waals surface area contributed by atoms with Gasteiger partial charge in [0, 0.05) is 36.6 Å². The van der Waals surface area contributed by atoms with Crippen molar-refractivity contribution < 1.29 is 0 Å². The summed E-state index contributed by atoms with van der Waals surface area (Å²) in [6, 6.07) is 5.08. The van der Waals surface area contributed by atoms with Gasteiger partial charge in [0.1, 0.15) is 0 Å². The van der Waals surface area contributed by atoms with Gasteiger partial charge < -0.3 is 5.32 Å². The molecule has 2 rings (SSSR count). The Morgan fingerprint density at radius 2 is 2.20 bits per heavy atom. The van der Waals surface area contributed by atoms with Crippen molar-refractivity contribution in [2.24, 2.45) is 0 Å². The van der Waals surface area contributed by atoms with Crippen LogP contribution in [0.3, 0.4) is 0 Å². The highest BCUT2D eigenvalue weighted by Gasteiger charge is 2.20. The molecule has 112 valence electrons. The maximum Gasteiger partial charge on any atom is 0.0544 e. The molecule has 0 amide bonds. The van der Waals surface area contributed by atoms with Gasteiger partial charge in [-0.2, -0.15) is 11.8 Å². The van der Waals surface area contributed by atoms with Crippen molar-refractivity contribution in [3.63, 3.8) is 0 Å². The average Bonchev–Trinajstić information content (AvgIpc) is 2.91. The monoisotopic (exact) mass is 293 g/mol. The van der Waals surface area contributed by atoms with E-state index in [0.29, 0.717) is 0 Å². The Morgan fingerprint density at radius 3 is 2.75 bits per heavy atom. The molecule has 0 aliphatic carbocycles. The Morgan fingerprint density at radius 1 is 1.40 bits per heavy atom. The highest BCUT2D eigenvalue weighted by Crippen LogP contribution is 2.22. The van der Waals surface area contributed by atoms with Gasteiger partial charge in [0.05, 0.1) is 5.69 Å². The van der Waals surface area contributed by atoms with Gasteiger partial charge in [-0.25, -0.2) is 0 Å². The van der Waals surface area contributed by atoms with Crippen LogP contribution in [0.4, 0.5) is 0 Å². The van der Waals surface area contributed by atoms with Crippen LogP contribution in [-0.2, 0) is 13.1 Å². The van der Waals surface area contributed by atoms with E-state index >= 15 is 0 Å². The molecular formula is C16H27N3S. The smallest absolute Gasteiger partial charge is 0.0544 e. The minimum Gasteiger partial charge on any atom is -0.308 e. The third-order valence-corrected chi connectivity index (χ3v) is 4.79. The third-order valence-electron chi connectivity index (χ3n) is 3.65. The summed E-state index contributed by atoms with van der Waals surface area (Å²) in [7, 11) is 2.22. The first-order valence-corrected chi connectivity index (χ1v) is 8.56. The Balaban J connectivity index is 1.84. The van der Waals surface area contributed by atoms with Crippen LogP contribution in [0.15, 0.2) is 18.3 Å². The first-order chi connectivity index (χ1) is 9.44. The van der Waals surface area contributed by atoms with Crippen LogP contribution in [0.2, 0.25) is 0 Å². The van der Waals surface area contributed by atoms with E-state index in [1.807, 2.05) is 6.20 Å². The van der Waals surface area contributed by atoms with Crippen molar-refractivity contribution in [3.05, 3.63) is 29.6 Å². The predicted octanol–water partition coefficient (Wildman–Crippen LogP) is 2.91. The van der Waals surface area contributed by atoms with E-state index in [2.05, 4.69) is 66.9 Å². The Labute approximate surface area is 127 Å². The topological polar surface area (TPSA) is 28.2 Å². The molecule has 0 saturated carbocycles. The number of pyridine rings is 1. The lowest BCUT2D eigenvalue weighted by Gasteiger charge is -2.23. The first-order valence-electron chi connectivity index (χ1n) is 7.41. The maximum atomic E-state index is 4.60. The van der Waals surface area contributed by atoms with Gasteiger partial charge in [-0.1, -0.05) is 6.07 Å². The van der Waals surface area contributed by atoms with E-state index in [0.717, 1.165) is 19.1 Å². The lowest BCUT2D eigenvalue weighted by Crippen LogP contribution is -2.35. The Kier molecular flexibility index (Phi) is 5.47. The van der Waals surface area contributed by atoms with Crippen LogP contribution in [0, 0.1) is 0 Å². The number of thioether (sulfide) groups is 1. The minimum absolute atomic E-state index is 0.152. The second-order valence-corrected chi connectivity index (χ2v) is 7.84. The van der Waals surface area contributed by atoms with Gasteiger partial charge in [0.15, 0.2) is 0 Å². The maximum absolute atomic E-state index is 4.60. The van der Waals surface area contributed by atoms with Crippen molar-refractivity contribution in [1.82, 2.24) is 15.2 Å². The molecule has 1 aliphatic rings. The van der Waals surface area contributed by atoms with Gasteiger partial charge >= 0.3 is 0 Å². The number of aromatic nitrogens is 1. The largest absolute Gasteiger partial charge is 0.308 e. The lowest BCUT2D eigenvalue weighted by atomic mass is 10.1. The van der Waals surface area contributed by atoms with Crippen molar-refractivity contribution in [2.75, 3.05) is 18.6 Å². The molecule has 1 aromatic heterocycles. The third kappa shape index (κ3) is 5.08. The molecule has 0 radical (unpaired) electrons. The molecule has 0 spiro atoms. The predicted molar refractivity (Wildman–Crippen MR) is 88.0 cm³/mol. The fourth-order valence-corrected chi connectivity index (χ4v) is 3.57. The van der Waals surface area contributed by atoms with Crippen molar-refractivity contribution in [2.45, 2.75) is 51.9 Å². The molecule has 1 atom stereocenters. The lowest BCUT2D eigenvalue weighted by molar-refractivity contribution is 0.251. The second kappa shape index (κ2) is 6.92. The Bertz CT molecular complexity index is 405. The fraction of sp³-hybridized carbons (Fsp3) is 0.688. The number of nitrogens with zero attached hydrogens (tertiary/aromatic N) is 2. The molecule has 1 fully saturated rings. The van der Waals surface area contributed by atoms with Crippen LogP contribution in [0.1, 0.15) is 38.4 Å². The van der Waals surface area contributed by atoms with Gasteiger partial charge in [0.25, 0.3) is 0 Å². The van der Waals surface area contributed by atoms with E-state index < -0.39 is 0 Å². The summed E-state index contributed by atoms with van der Waals surface area (Å²) in [4.78, 5) is 7.04. The zero-order chi connectivity index (χ0) is 14.6. The standard InChI is InChI=1S/C16H27N3S/c1-16(2,3)18-10-13-5-6-14(17-9-13)11-19(4)15-7-8-20-12-15/h5-6,9,15,18H,7-8,10-12H2,1-4H3. The van der Waals surface area contributed by atoms with Crippen molar-refractivity contribution in [1.29, 1.82) is 0 Å². The average molecular weight is 293 g/mol. The summed E-state index contributed by atoms with van der Waals surface area (Å²) in [5.41, 5.74) is 2.57. The molecule has 1 aliphatic heterocycles. The summed E-state index contributed by atoms with van der Waals surface area (Å²) < 4.78 is 0. The molecule has 2 heterocycles. The zero-order valence-corrected chi connectivity index (χ0v) is 14.0. The van der Waals surface area contributed by atoms with Gasteiger partial charge in [-0.15, -0.1) is 0 Å². The summed E-state index contributed by atoms with van der Waals surface area (Å²) in [5, 5.41) is 3.49. The highest BCUT2D eigenvalue weighted by molar-refractivity contribution is 7.99. The molecule has 0 bridgehead atoms. The summed E-state index contributed by atoms with van der Waals surface area (Å²) in [6.07, 6.45) is 3.32.